The van der Waals surface area contributed by atoms with Crippen LogP contribution in [0.2, 0.25) is 0 Å². The molecule has 0 amide bonds. The Labute approximate surface area is 343 Å². The first-order chi connectivity index (χ1) is 27.3. The van der Waals surface area contributed by atoms with Gasteiger partial charge in [0.1, 0.15) is 62.0 Å². The van der Waals surface area contributed by atoms with Gasteiger partial charge in [-0.2, -0.15) is 0 Å². The summed E-state index contributed by atoms with van der Waals surface area (Å²) in [4.78, 5) is 24.8. The fraction of sp³-hybridized carbons (Fsp3) is 0.955. The zero-order valence-electron chi connectivity index (χ0n) is 35.9. The maximum absolute atomic E-state index is 12.4. The molecule has 336 valence electrons. The molecular weight excluding hydrogens is 736 g/mol. The van der Waals surface area contributed by atoms with Crippen LogP contribution in [0.25, 0.3) is 0 Å². The van der Waals surface area contributed by atoms with Crippen LogP contribution < -0.4 is 0 Å². The van der Waals surface area contributed by atoms with Crippen molar-refractivity contribution in [2.24, 2.45) is 11.8 Å². The van der Waals surface area contributed by atoms with Crippen molar-refractivity contribution in [2.45, 2.75) is 243 Å². The van der Waals surface area contributed by atoms with Gasteiger partial charge in [0.25, 0.3) is 0 Å². The molecule has 13 heteroatoms. The lowest BCUT2D eigenvalue weighted by atomic mass is 9.98. The molecule has 2 rings (SSSR count). The Morgan fingerprint density at radius 3 is 1.00 bits per heavy atom. The Hall–Kier alpha value is -1.42. The first-order valence-electron chi connectivity index (χ1n) is 22.7. The Morgan fingerprint density at radius 1 is 0.421 bits per heavy atom. The summed E-state index contributed by atoms with van der Waals surface area (Å²) >= 11 is 0. The summed E-state index contributed by atoms with van der Waals surface area (Å²) in [6, 6.07) is 0. The molecule has 2 aliphatic heterocycles. The predicted molar refractivity (Wildman–Crippen MR) is 217 cm³/mol. The van der Waals surface area contributed by atoms with Crippen molar-refractivity contribution in [1.82, 2.24) is 0 Å². The Balaban J connectivity index is 1.66. The van der Waals surface area contributed by atoms with E-state index in [1.165, 1.54) is 89.9 Å². The van der Waals surface area contributed by atoms with Crippen LogP contribution in [0.4, 0.5) is 0 Å². The molecule has 0 spiro atoms. The van der Waals surface area contributed by atoms with Crippen molar-refractivity contribution in [3.8, 4) is 0 Å². The van der Waals surface area contributed by atoms with Gasteiger partial charge in [0.15, 0.2) is 12.6 Å². The number of hydrogen-bond acceptors (Lipinski definition) is 13. The molecule has 0 radical (unpaired) electrons. The number of hydrogen-bond donors (Lipinski definition) is 6. The highest BCUT2D eigenvalue weighted by Crippen LogP contribution is 2.29. The van der Waals surface area contributed by atoms with Gasteiger partial charge in [-0.05, 0) is 24.7 Å². The van der Waals surface area contributed by atoms with Gasteiger partial charge in [0.2, 0.25) is 0 Å². The molecule has 2 saturated heterocycles. The van der Waals surface area contributed by atoms with Crippen LogP contribution in [-0.4, -0.2) is 117 Å². The maximum Gasteiger partial charge on any atom is 0.305 e. The smallest absolute Gasteiger partial charge is 0.305 e. The second-order valence-electron chi connectivity index (χ2n) is 17.5. The number of aliphatic hydroxyl groups is 6. The van der Waals surface area contributed by atoms with Crippen LogP contribution in [0.3, 0.4) is 0 Å². The average Bonchev–Trinajstić information content (AvgIpc) is 3.17. The minimum Gasteiger partial charge on any atom is -0.463 e. The molecule has 6 unspecified atom stereocenters. The highest BCUT2D eigenvalue weighted by atomic mass is 16.8. The van der Waals surface area contributed by atoms with Crippen molar-refractivity contribution < 1.29 is 63.9 Å². The van der Waals surface area contributed by atoms with E-state index >= 15 is 0 Å². The standard InChI is InChI=1S/C44H82O13/c1-31(2)25-21-17-13-9-6-5-7-11-15-19-23-27-35(45)53-29-33-37(47)39(49)41(51)43(55-33)57-44-42(52)40(50)38(48)34(56-44)30-54-36(46)28-24-20-16-12-8-10-14-18-22-26-32(3)4/h31-34,37-44,47-52H,5-30H2,1-4H3/t33?,34?,37-,38-,39?,40?,41?,42?,43-,44-/m1/s1. The van der Waals surface area contributed by atoms with Gasteiger partial charge in [-0.25, -0.2) is 0 Å². The van der Waals surface area contributed by atoms with Gasteiger partial charge in [0.05, 0.1) is 0 Å². The van der Waals surface area contributed by atoms with Gasteiger partial charge in [-0.15, -0.1) is 0 Å². The van der Waals surface area contributed by atoms with Crippen molar-refractivity contribution in [1.29, 1.82) is 0 Å². The van der Waals surface area contributed by atoms with Crippen molar-refractivity contribution in [3.63, 3.8) is 0 Å². The normalized spacial score (nSPS) is 27.9. The molecule has 0 aliphatic carbocycles. The van der Waals surface area contributed by atoms with E-state index in [2.05, 4.69) is 27.7 Å². The minimum absolute atomic E-state index is 0.191. The molecule has 2 aliphatic rings. The van der Waals surface area contributed by atoms with Crippen LogP contribution >= 0.6 is 0 Å². The first-order valence-corrected chi connectivity index (χ1v) is 22.7. The summed E-state index contributed by atoms with van der Waals surface area (Å²) in [5.74, 6) is 0.578. The van der Waals surface area contributed by atoms with E-state index in [0.29, 0.717) is 12.8 Å². The molecule has 2 fully saturated rings. The molecule has 13 nitrogen and oxygen atoms in total. The largest absolute Gasteiger partial charge is 0.463 e. The fourth-order valence-electron chi connectivity index (χ4n) is 7.43. The molecule has 57 heavy (non-hydrogen) atoms. The second-order valence-corrected chi connectivity index (χ2v) is 17.5. The van der Waals surface area contributed by atoms with Crippen molar-refractivity contribution in [2.75, 3.05) is 13.2 Å². The third kappa shape index (κ3) is 22.1. The fourth-order valence-corrected chi connectivity index (χ4v) is 7.43. The number of carbonyl (C=O) groups excluding carboxylic acids is 2. The molecule has 0 aromatic carbocycles. The third-order valence-corrected chi connectivity index (χ3v) is 11.2. The number of ether oxygens (including phenoxy) is 5. The summed E-state index contributed by atoms with van der Waals surface area (Å²) in [7, 11) is 0. The molecule has 0 aromatic heterocycles. The van der Waals surface area contributed by atoms with Gasteiger partial charge < -0.3 is 54.3 Å². The third-order valence-electron chi connectivity index (χ3n) is 11.2. The number of carbonyl (C=O) groups is 2. The van der Waals surface area contributed by atoms with Crippen molar-refractivity contribution in [3.05, 3.63) is 0 Å². The molecule has 0 aromatic rings. The topological polar surface area (TPSA) is 202 Å². The van der Waals surface area contributed by atoms with E-state index in [1.807, 2.05) is 0 Å². The molecule has 2 heterocycles. The lowest BCUT2D eigenvalue weighted by Crippen LogP contribution is -2.64. The van der Waals surface area contributed by atoms with Gasteiger partial charge in [0, 0.05) is 12.8 Å². The van der Waals surface area contributed by atoms with E-state index in [0.717, 1.165) is 50.4 Å². The number of aliphatic hydroxyl groups excluding tert-OH is 6. The monoisotopic (exact) mass is 819 g/mol. The Kier molecular flexibility index (Phi) is 27.7. The van der Waals surface area contributed by atoms with Crippen LogP contribution in [0.1, 0.15) is 182 Å². The number of unbranched alkanes of at least 4 members (excludes halogenated alkanes) is 18. The highest BCUT2D eigenvalue weighted by molar-refractivity contribution is 5.69. The molecular formula is C44H82O13. The van der Waals surface area contributed by atoms with E-state index < -0.39 is 86.6 Å². The second kappa shape index (κ2) is 30.6. The van der Waals surface area contributed by atoms with E-state index in [1.54, 1.807) is 0 Å². The van der Waals surface area contributed by atoms with Gasteiger partial charge in [-0.3, -0.25) is 9.59 Å². The highest BCUT2D eigenvalue weighted by Gasteiger charge is 2.50. The van der Waals surface area contributed by atoms with Crippen molar-refractivity contribution >= 4 is 11.9 Å². The zero-order chi connectivity index (χ0) is 42.0. The first kappa shape index (κ1) is 51.7. The summed E-state index contributed by atoms with van der Waals surface area (Å²) in [5, 5.41) is 63.3. The predicted octanol–water partition coefficient (Wildman–Crippen LogP) is 6.38. The lowest BCUT2D eigenvalue weighted by Gasteiger charge is -2.44. The molecule has 10 atom stereocenters. The summed E-state index contributed by atoms with van der Waals surface area (Å²) in [6.45, 7) is 8.21. The Bertz CT molecular complexity index is 1030. The summed E-state index contributed by atoms with van der Waals surface area (Å²) in [6.07, 6.45) is 9.45. The maximum atomic E-state index is 12.4. The summed E-state index contributed by atoms with van der Waals surface area (Å²) in [5.41, 5.74) is 0. The number of rotatable bonds is 32. The number of esters is 2. The van der Waals surface area contributed by atoms with Crippen LogP contribution in [0, 0.1) is 11.8 Å². The van der Waals surface area contributed by atoms with Gasteiger partial charge in [-0.1, -0.05) is 156 Å². The SMILES string of the molecule is CC(C)CCCCCCCCCCCCCC(=O)OCC1O[C@H](O[C@H]2OC(COC(=O)CCCCCCCCCCCC(C)C)[C@@H](O)C(O)C2O)C(O)C(O)[C@@H]1O. The zero-order valence-corrected chi connectivity index (χ0v) is 35.9. The minimum atomic E-state index is -1.80. The van der Waals surface area contributed by atoms with E-state index in [-0.39, 0.29) is 12.8 Å². The van der Waals surface area contributed by atoms with Crippen LogP contribution in [-0.2, 0) is 33.3 Å². The molecule has 6 N–H and O–H groups in total. The molecule has 0 bridgehead atoms. The van der Waals surface area contributed by atoms with Crippen LogP contribution in [0.5, 0.6) is 0 Å². The van der Waals surface area contributed by atoms with E-state index in [4.69, 9.17) is 23.7 Å². The molecule has 0 saturated carbocycles. The Morgan fingerprint density at radius 2 is 0.702 bits per heavy atom. The average molecular weight is 819 g/mol. The van der Waals surface area contributed by atoms with Crippen LogP contribution in [0.15, 0.2) is 0 Å². The van der Waals surface area contributed by atoms with Gasteiger partial charge >= 0.3 is 11.9 Å². The van der Waals surface area contributed by atoms with E-state index in [9.17, 15) is 40.2 Å². The summed E-state index contributed by atoms with van der Waals surface area (Å²) < 4.78 is 27.5. The quantitative estimate of drug-likeness (QED) is 0.0323. The lowest BCUT2D eigenvalue weighted by molar-refractivity contribution is -0.376.